The maximum atomic E-state index is 12.2. The van der Waals surface area contributed by atoms with Gasteiger partial charge in [0.2, 0.25) is 0 Å². The number of nitro benzene ring substituents is 1. The monoisotopic (exact) mass is 318 g/mol. The minimum absolute atomic E-state index is 0.147. The Labute approximate surface area is 127 Å². The van der Waals surface area contributed by atoms with E-state index in [9.17, 15) is 14.9 Å². The van der Waals surface area contributed by atoms with Crippen LogP contribution in [0.1, 0.15) is 37.0 Å². The van der Waals surface area contributed by atoms with E-state index in [1.165, 1.54) is 18.2 Å². The molecule has 0 unspecified atom stereocenters. The molecule has 0 bridgehead atoms. The number of nitrogens with zero attached hydrogens (tertiary/aromatic N) is 1. The summed E-state index contributed by atoms with van der Waals surface area (Å²) >= 11 is 11.7. The van der Waals surface area contributed by atoms with E-state index in [4.69, 9.17) is 23.2 Å². The van der Waals surface area contributed by atoms with E-state index in [1.807, 2.05) is 13.8 Å². The predicted octanol–water partition coefficient (Wildman–Crippen LogP) is 3.78. The summed E-state index contributed by atoms with van der Waals surface area (Å²) in [4.78, 5) is 22.4. The molecular weight excluding hydrogens is 303 g/mol. The Morgan fingerprint density at radius 1 is 1.35 bits per heavy atom. The number of amides is 1. The lowest BCUT2D eigenvalue weighted by molar-refractivity contribution is -0.384. The van der Waals surface area contributed by atoms with Crippen LogP contribution in [0.4, 0.5) is 5.69 Å². The van der Waals surface area contributed by atoms with Crippen molar-refractivity contribution in [2.45, 2.75) is 32.2 Å². The minimum atomic E-state index is -0.586. The van der Waals surface area contributed by atoms with Crippen LogP contribution in [-0.4, -0.2) is 22.2 Å². The number of benzene rings is 1. The molecule has 0 aromatic heterocycles. The third-order valence-corrected chi connectivity index (χ3v) is 4.07. The van der Waals surface area contributed by atoms with Gasteiger partial charge in [0, 0.05) is 28.6 Å². The number of carbonyl (C=O) groups is 1. The van der Waals surface area contributed by atoms with E-state index in [1.54, 1.807) is 0 Å². The molecule has 0 spiro atoms. The molecular formula is C13H16Cl2N2O3. The van der Waals surface area contributed by atoms with Gasteiger partial charge in [-0.25, -0.2) is 0 Å². The average molecular weight is 319 g/mol. The summed E-state index contributed by atoms with van der Waals surface area (Å²) in [6.45, 7) is 3.85. The number of hydrogen-bond acceptors (Lipinski definition) is 3. The number of nitro groups is 1. The van der Waals surface area contributed by atoms with E-state index in [2.05, 4.69) is 5.32 Å². The van der Waals surface area contributed by atoms with Gasteiger partial charge in [0.25, 0.3) is 11.6 Å². The molecule has 0 saturated carbocycles. The Balaban J connectivity index is 3.06. The molecule has 1 aromatic carbocycles. The fourth-order valence-corrected chi connectivity index (χ4v) is 2.45. The van der Waals surface area contributed by atoms with Crippen molar-refractivity contribution in [1.82, 2.24) is 5.32 Å². The number of rotatable bonds is 6. The molecule has 1 amide bonds. The molecule has 5 nitrogen and oxygen atoms in total. The van der Waals surface area contributed by atoms with Crippen LogP contribution in [0, 0.1) is 10.1 Å². The van der Waals surface area contributed by atoms with Gasteiger partial charge in [0.05, 0.1) is 10.5 Å². The summed E-state index contributed by atoms with van der Waals surface area (Å²) in [5.41, 5.74) is -0.580. The van der Waals surface area contributed by atoms with E-state index in [0.717, 1.165) is 0 Å². The Morgan fingerprint density at radius 2 is 1.95 bits per heavy atom. The SMILES string of the molecule is CCC(CC)(CCl)NC(=O)c1cc(Cl)cc([N+](=O)[O-])c1. The van der Waals surface area contributed by atoms with Gasteiger partial charge in [-0.3, -0.25) is 14.9 Å². The van der Waals surface area contributed by atoms with Gasteiger partial charge in [-0.05, 0) is 18.9 Å². The van der Waals surface area contributed by atoms with Gasteiger partial charge in [-0.2, -0.15) is 0 Å². The zero-order chi connectivity index (χ0) is 15.3. The topological polar surface area (TPSA) is 72.2 Å². The largest absolute Gasteiger partial charge is 0.345 e. The van der Waals surface area contributed by atoms with Crippen LogP contribution >= 0.6 is 23.2 Å². The molecule has 0 atom stereocenters. The maximum Gasteiger partial charge on any atom is 0.271 e. The molecule has 1 aromatic rings. The highest BCUT2D eigenvalue weighted by molar-refractivity contribution is 6.31. The smallest absolute Gasteiger partial charge is 0.271 e. The highest BCUT2D eigenvalue weighted by Gasteiger charge is 2.28. The molecule has 0 heterocycles. The summed E-state index contributed by atoms with van der Waals surface area (Å²) in [5.74, 6) is -0.144. The second-order valence-electron chi connectivity index (χ2n) is 4.53. The average Bonchev–Trinajstić information content (AvgIpc) is 2.44. The molecule has 0 aliphatic rings. The summed E-state index contributed by atoms with van der Waals surface area (Å²) in [6, 6.07) is 3.80. The van der Waals surface area contributed by atoms with Crippen LogP contribution < -0.4 is 5.32 Å². The Kier molecular flexibility index (Phi) is 5.77. The second kappa shape index (κ2) is 6.90. The zero-order valence-electron chi connectivity index (χ0n) is 11.3. The van der Waals surface area contributed by atoms with Crippen molar-refractivity contribution in [3.05, 3.63) is 38.9 Å². The van der Waals surface area contributed by atoms with E-state index < -0.39 is 16.4 Å². The minimum Gasteiger partial charge on any atom is -0.345 e. The van der Waals surface area contributed by atoms with Crippen LogP contribution in [-0.2, 0) is 0 Å². The van der Waals surface area contributed by atoms with E-state index >= 15 is 0 Å². The molecule has 0 aliphatic carbocycles. The van der Waals surface area contributed by atoms with Gasteiger partial charge < -0.3 is 5.32 Å². The van der Waals surface area contributed by atoms with Crippen LogP contribution in [0.3, 0.4) is 0 Å². The first kappa shape index (κ1) is 16.7. The molecule has 110 valence electrons. The third-order valence-electron chi connectivity index (χ3n) is 3.34. The van der Waals surface area contributed by atoms with Crippen molar-refractivity contribution in [1.29, 1.82) is 0 Å². The number of non-ortho nitro benzene ring substituents is 1. The normalized spacial score (nSPS) is 11.2. The third kappa shape index (κ3) is 3.84. The summed E-state index contributed by atoms with van der Waals surface area (Å²) in [6.07, 6.45) is 1.34. The summed E-state index contributed by atoms with van der Waals surface area (Å²) in [7, 11) is 0. The number of halogens is 2. The first-order valence-corrected chi connectivity index (χ1v) is 7.12. The maximum absolute atomic E-state index is 12.2. The molecule has 0 aliphatic heterocycles. The lowest BCUT2D eigenvalue weighted by atomic mass is 9.94. The Morgan fingerprint density at radius 3 is 2.40 bits per heavy atom. The van der Waals surface area contributed by atoms with Crippen molar-refractivity contribution in [3.8, 4) is 0 Å². The quantitative estimate of drug-likeness (QED) is 0.493. The fraction of sp³-hybridized carbons (Fsp3) is 0.462. The Bertz CT molecular complexity index is 508. The number of nitrogens with one attached hydrogen (secondary N) is 1. The zero-order valence-corrected chi connectivity index (χ0v) is 12.8. The van der Waals surface area contributed by atoms with Crippen molar-refractivity contribution in [2.24, 2.45) is 0 Å². The number of hydrogen-bond donors (Lipinski definition) is 1. The summed E-state index contributed by atoms with van der Waals surface area (Å²) < 4.78 is 0. The first-order chi connectivity index (χ1) is 9.37. The molecule has 7 heteroatoms. The number of carbonyl (C=O) groups excluding carboxylic acids is 1. The van der Waals surface area contributed by atoms with E-state index in [-0.39, 0.29) is 22.2 Å². The van der Waals surface area contributed by atoms with Crippen molar-refractivity contribution in [2.75, 3.05) is 5.88 Å². The standard InChI is InChI=1S/C13H16Cl2N2O3/c1-3-13(4-2,8-14)16-12(18)9-5-10(15)7-11(6-9)17(19)20/h5-7H,3-4,8H2,1-2H3,(H,16,18). The molecule has 0 saturated heterocycles. The number of alkyl halides is 1. The highest BCUT2D eigenvalue weighted by Crippen LogP contribution is 2.23. The molecule has 1 N–H and O–H groups in total. The van der Waals surface area contributed by atoms with Crippen molar-refractivity contribution >= 4 is 34.8 Å². The van der Waals surface area contributed by atoms with Gasteiger partial charge in [-0.1, -0.05) is 25.4 Å². The Hall–Kier alpha value is -1.33. The van der Waals surface area contributed by atoms with Crippen molar-refractivity contribution in [3.63, 3.8) is 0 Å². The molecule has 20 heavy (non-hydrogen) atoms. The lowest BCUT2D eigenvalue weighted by Crippen LogP contribution is -2.49. The van der Waals surface area contributed by atoms with Gasteiger partial charge in [0.1, 0.15) is 0 Å². The van der Waals surface area contributed by atoms with Crippen LogP contribution in [0.2, 0.25) is 5.02 Å². The van der Waals surface area contributed by atoms with Gasteiger partial charge in [-0.15, -0.1) is 11.6 Å². The summed E-state index contributed by atoms with van der Waals surface area (Å²) in [5, 5.41) is 13.8. The molecule has 0 fully saturated rings. The highest BCUT2D eigenvalue weighted by atomic mass is 35.5. The predicted molar refractivity (Wildman–Crippen MR) is 79.6 cm³/mol. The molecule has 0 radical (unpaired) electrons. The first-order valence-electron chi connectivity index (χ1n) is 6.21. The van der Waals surface area contributed by atoms with Crippen LogP contribution in [0.5, 0.6) is 0 Å². The van der Waals surface area contributed by atoms with E-state index in [0.29, 0.717) is 12.8 Å². The van der Waals surface area contributed by atoms with Crippen LogP contribution in [0.25, 0.3) is 0 Å². The fourth-order valence-electron chi connectivity index (χ4n) is 1.77. The van der Waals surface area contributed by atoms with Gasteiger partial charge >= 0.3 is 0 Å². The van der Waals surface area contributed by atoms with Crippen LogP contribution in [0.15, 0.2) is 18.2 Å². The second-order valence-corrected chi connectivity index (χ2v) is 5.23. The lowest BCUT2D eigenvalue weighted by Gasteiger charge is -2.30. The van der Waals surface area contributed by atoms with Crippen molar-refractivity contribution < 1.29 is 9.72 Å². The van der Waals surface area contributed by atoms with Gasteiger partial charge in [0.15, 0.2) is 0 Å². The molecule has 1 rings (SSSR count).